The number of hydrazone groups is 1. The Morgan fingerprint density at radius 2 is 1.79 bits per heavy atom. The van der Waals surface area contributed by atoms with Crippen molar-refractivity contribution in [2.24, 2.45) is 5.10 Å². The maximum atomic E-state index is 13.1. The van der Waals surface area contributed by atoms with Crippen molar-refractivity contribution in [3.05, 3.63) is 87.0 Å². The standard InChI is InChI=1S/C20H18BrN3O3S2/c21-17-8-10-19(11-9-17)29(26,27)24(14-16-5-2-1-3-6-16)15-20(25)23-22-13-18-7-4-12-28-18/h1-13H,14-15H2,(H,23,25). The Hall–Kier alpha value is -2.33. The van der Waals surface area contributed by atoms with Crippen molar-refractivity contribution >= 4 is 49.4 Å². The van der Waals surface area contributed by atoms with Crippen molar-refractivity contribution in [1.29, 1.82) is 0 Å². The number of rotatable bonds is 8. The van der Waals surface area contributed by atoms with Gasteiger partial charge in [-0.25, -0.2) is 13.8 Å². The van der Waals surface area contributed by atoms with Crippen LogP contribution in [0, 0.1) is 0 Å². The molecule has 1 N–H and O–H groups in total. The second-order valence-corrected chi connectivity index (χ2v) is 9.85. The molecule has 0 saturated heterocycles. The lowest BCUT2D eigenvalue weighted by Crippen LogP contribution is -2.39. The van der Waals surface area contributed by atoms with Crippen LogP contribution in [0.4, 0.5) is 0 Å². The zero-order valence-electron chi connectivity index (χ0n) is 15.2. The number of hydrogen-bond acceptors (Lipinski definition) is 5. The molecule has 6 nitrogen and oxygen atoms in total. The summed E-state index contributed by atoms with van der Waals surface area (Å²) in [5, 5.41) is 5.80. The molecule has 0 unspecified atom stereocenters. The van der Waals surface area contributed by atoms with Crippen LogP contribution in [0.3, 0.4) is 0 Å². The number of nitrogens with one attached hydrogen (secondary N) is 1. The molecular formula is C20H18BrN3O3S2. The normalized spacial score (nSPS) is 11.8. The third-order valence-electron chi connectivity index (χ3n) is 3.90. The molecule has 0 fully saturated rings. The summed E-state index contributed by atoms with van der Waals surface area (Å²) in [6.07, 6.45) is 1.52. The Balaban J connectivity index is 1.78. The van der Waals surface area contributed by atoms with Gasteiger partial charge in [0.25, 0.3) is 5.91 Å². The molecular weight excluding hydrogens is 474 g/mol. The van der Waals surface area contributed by atoms with Gasteiger partial charge in [0.2, 0.25) is 10.0 Å². The van der Waals surface area contributed by atoms with Crippen LogP contribution in [0.25, 0.3) is 0 Å². The van der Waals surface area contributed by atoms with Crippen LogP contribution in [0.5, 0.6) is 0 Å². The molecule has 1 amide bonds. The third-order valence-corrected chi connectivity index (χ3v) is 7.04. The van der Waals surface area contributed by atoms with Crippen LogP contribution >= 0.6 is 27.3 Å². The molecule has 0 atom stereocenters. The van der Waals surface area contributed by atoms with E-state index in [0.717, 1.165) is 19.2 Å². The molecule has 2 aromatic carbocycles. The number of amides is 1. The van der Waals surface area contributed by atoms with Crippen molar-refractivity contribution in [1.82, 2.24) is 9.73 Å². The molecule has 1 heterocycles. The van der Waals surface area contributed by atoms with E-state index in [1.54, 1.807) is 12.1 Å². The number of nitrogens with zero attached hydrogens (tertiary/aromatic N) is 2. The lowest BCUT2D eigenvalue weighted by molar-refractivity contribution is -0.121. The Labute approximate surface area is 182 Å². The highest BCUT2D eigenvalue weighted by Gasteiger charge is 2.26. The molecule has 9 heteroatoms. The van der Waals surface area contributed by atoms with Gasteiger partial charge in [-0.3, -0.25) is 4.79 Å². The highest BCUT2D eigenvalue weighted by atomic mass is 79.9. The number of thiophene rings is 1. The van der Waals surface area contributed by atoms with Gasteiger partial charge in [-0.2, -0.15) is 9.41 Å². The van der Waals surface area contributed by atoms with Crippen molar-refractivity contribution in [2.75, 3.05) is 6.54 Å². The molecule has 0 spiro atoms. The van der Waals surface area contributed by atoms with Crippen molar-refractivity contribution in [2.45, 2.75) is 11.4 Å². The van der Waals surface area contributed by atoms with Gasteiger partial charge in [-0.05, 0) is 41.3 Å². The summed E-state index contributed by atoms with van der Waals surface area (Å²) in [7, 11) is -3.88. The molecule has 0 aliphatic carbocycles. The molecule has 0 radical (unpaired) electrons. The number of benzene rings is 2. The summed E-state index contributed by atoms with van der Waals surface area (Å²) in [5.41, 5.74) is 3.17. The molecule has 0 saturated carbocycles. The number of carbonyl (C=O) groups excluding carboxylic acids is 1. The highest BCUT2D eigenvalue weighted by Crippen LogP contribution is 2.20. The van der Waals surface area contributed by atoms with E-state index < -0.39 is 15.9 Å². The van der Waals surface area contributed by atoms with E-state index in [1.807, 2.05) is 47.8 Å². The Kier molecular flexibility index (Phi) is 7.32. The maximum Gasteiger partial charge on any atom is 0.255 e. The van der Waals surface area contributed by atoms with E-state index in [-0.39, 0.29) is 18.0 Å². The monoisotopic (exact) mass is 491 g/mol. The van der Waals surface area contributed by atoms with Crippen LogP contribution in [-0.4, -0.2) is 31.4 Å². The average molecular weight is 492 g/mol. The molecule has 3 aromatic rings. The largest absolute Gasteiger partial charge is 0.272 e. The summed E-state index contributed by atoms with van der Waals surface area (Å²) in [6, 6.07) is 19.2. The minimum atomic E-state index is -3.88. The van der Waals surface area contributed by atoms with Gasteiger partial charge in [0, 0.05) is 15.9 Å². The lowest BCUT2D eigenvalue weighted by atomic mass is 10.2. The van der Waals surface area contributed by atoms with E-state index in [0.29, 0.717) is 0 Å². The fourth-order valence-electron chi connectivity index (χ4n) is 2.50. The number of carbonyl (C=O) groups is 1. The summed E-state index contributed by atoms with van der Waals surface area (Å²) in [6.45, 7) is -0.281. The molecule has 0 bridgehead atoms. The van der Waals surface area contributed by atoms with E-state index in [1.165, 1.54) is 29.7 Å². The van der Waals surface area contributed by atoms with Gasteiger partial charge in [0.1, 0.15) is 0 Å². The van der Waals surface area contributed by atoms with Crippen LogP contribution in [0.15, 0.2) is 86.6 Å². The summed E-state index contributed by atoms with van der Waals surface area (Å²) < 4.78 is 28.2. The molecule has 150 valence electrons. The zero-order chi connectivity index (χ0) is 20.7. The van der Waals surface area contributed by atoms with Crippen molar-refractivity contribution < 1.29 is 13.2 Å². The predicted molar refractivity (Wildman–Crippen MR) is 118 cm³/mol. The number of hydrogen-bond donors (Lipinski definition) is 1. The fraction of sp³-hybridized carbons (Fsp3) is 0.100. The Morgan fingerprint density at radius 3 is 2.45 bits per heavy atom. The van der Waals surface area contributed by atoms with Gasteiger partial charge < -0.3 is 0 Å². The quantitative estimate of drug-likeness (QED) is 0.383. The second kappa shape index (κ2) is 9.93. The smallest absolute Gasteiger partial charge is 0.255 e. The van der Waals surface area contributed by atoms with Gasteiger partial charge in [-0.15, -0.1) is 11.3 Å². The van der Waals surface area contributed by atoms with E-state index in [4.69, 9.17) is 0 Å². The summed E-state index contributed by atoms with van der Waals surface area (Å²) >= 11 is 4.78. The first-order valence-electron chi connectivity index (χ1n) is 8.60. The van der Waals surface area contributed by atoms with Gasteiger partial charge in [-0.1, -0.05) is 52.3 Å². The van der Waals surface area contributed by atoms with E-state index in [9.17, 15) is 13.2 Å². The minimum absolute atomic E-state index is 0.0707. The first-order chi connectivity index (χ1) is 13.9. The summed E-state index contributed by atoms with van der Waals surface area (Å²) in [4.78, 5) is 13.4. The first kappa shape index (κ1) is 21.4. The zero-order valence-corrected chi connectivity index (χ0v) is 18.5. The first-order valence-corrected chi connectivity index (χ1v) is 11.7. The molecule has 1 aromatic heterocycles. The average Bonchev–Trinajstić information content (AvgIpc) is 3.22. The van der Waals surface area contributed by atoms with Crippen molar-refractivity contribution in [3.63, 3.8) is 0 Å². The van der Waals surface area contributed by atoms with Gasteiger partial charge in [0.05, 0.1) is 17.7 Å². The molecule has 3 rings (SSSR count). The van der Waals surface area contributed by atoms with E-state index in [2.05, 4.69) is 26.5 Å². The second-order valence-electron chi connectivity index (χ2n) is 6.02. The van der Waals surface area contributed by atoms with Crippen LogP contribution in [-0.2, 0) is 21.4 Å². The highest BCUT2D eigenvalue weighted by molar-refractivity contribution is 9.10. The van der Waals surface area contributed by atoms with Crippen LogP contribution < -0.4 is 5.43 Å². The number of sulfonamides is 1. The van der Waals surface area contributed by atoms with Gasteiger partial charge >= 0.3 is 0 Å². The summed E-state index contributed by atoms with van der Waals surface area (Å²) in [5.74, 6) is -0.519. The SMILES string of the molecule is O=C(CN(Cc1ccccc1)S(=O)(=O)c1ccc(Br)cc1)NN=Cc1cccs1. The fourth-order valence-corrected chi connectivity index (χ4v) is 4.73. The Morgan fingerprint density at radius 1 is 1.07 bits per heavy atom. The molecule has 29 heavy (non-hydrogen) atoms. The van der Waals surface area contributed by atoms with Crippen LogP contribution in [0.1, 0.15) is 10.4 Å². The molecule has 0 aliphatic rings. The third kappa shape index (κ3) is 6.07. The molecule has 0 aliphatic heterocycles. The Bertz CT molecular complexity index is 1070. The number of halogens is 1. The maximum absolute atomic E-state index is 13.1. The van der Waals surface area contributed by atoms with Gasteiger partial charge in [0.15, 0.2) is 0 Å². The van der Waals surface area contributed by atoms with E-state index >= 15 is 0 Å². The lowest BCUT2D eigenvalue weighted by Gasteiger charge is -2.21. The minimum Gasteiger partial charge on any atom is -0.272 e. The van der Waals surface area contributed by atoms with Crippen LogP contribution in [0.2, 0.25) is 0 Å². The van der Waals surface area contributed by atoms with Crippen molar-refractivity contribution in [3.8, 4) is 0 Å². The predicted octanol–water partition coefficient (Wildman–Crippen LogP) is 3.85. The topological polar surface area (TPSA) is 78.8 Å².